The maximum absolute atomic E-state index is 14.8. The quantitative estimate of drug-likeness (QED) is 0.135. The molecule has 1 aromatic carbocycles. The largest absolute Gasteiger partial charge is 0.393 e. The molecule has 9 amide bonds. The van der Waals surface area contributed by atoms with Crippen LogP contribution >= 0.6 is 0 Å². The molecule has 0 spiro atoms. The van der Waals surface area contributed by atoms with Crippen molar-refractivity contribution in [1.29, 1.82) is 0 Å². The number of rotatable bonds is 14. The zero-order valence-electron chi connectivity index (χ0n) is 46.2. The number of benzene rings is 1. The predicted molar refractivity (Wildman–Crippen MR) is 281 cm³/mol. The molecular weight excluding hydrogens is 947 g/mol. The van der Waals surface area contributed by atoms with Gasteiger partial charge in [-0.2, -0.15) is 0 Å². The number of nitrogens with zero attached hydrogens (tertiary/aromatic N) is 2. The minimum absolute atomic E-state index is 0.0222. The molecule has 0 radical (unpaired) electrons. The number of amides is 9. The Kier molecular flexibility index (Phi) is 22.9. The minimum atomic E-state index is -2.00. The lowest BCUT2D eigenvalue weighted by molar-refractivity contribution is -0.148. The maximum atomic E-state index is 14.8. The van der Waals surface area contributed by atoms with Crippen LogP contribution in [0.3, 0.4) is 0 Å². The first-order valence-electron chi connectivity index (χ1n) is 27.3. The molecule has 3 aliphatic rings. The molecule has 3 aliphatic heterocycles. The summed E-state index contributed by atoms with van der Waals surface area (Å²) in [6.07, 6.45) is 2.66. The van der Waals surface area contributed by atoms with Crippen molar-refractivity contribution < 1.29 is 48.3 Å². The highest BCUT2D eigenvalue weighted by molar-refractivity contribution is 6.00. The molecule has 0 saturated carbocycles. The molecule has 0 aromatic heterocycles. The van der Waals surface area contributed by atoms with E-state index in [-0.39, 0.29) is 62.9 Å². The van der Waals surface area contributed by atoms with Crippen molar-refractivity contribution in [2.24, 2.45) is 35.5 Å². The zero-order valence-corrected chi connectivity index (χ0v) is 46.2. The first kappa shape index (κ1) is 61.0. The summed E-state index contributed by atoms with van der Waals surface area (Å²) in [4.78, 5) is 134. The molecule has 4 rings (SSSR count). The van der Waals surface area contributed by atoms with Gasteiger partial charge in [-0.25, -0.2) is 0 Å². The van der Waals surface area contributed by atoms with Crippen LogP contribution in [0, 0.1) is 35.5 Å². The fourth-order valence-electron chi connectivity index (χ4n) is 10.3. The number of carbonyl (C=O) groups is 9. The lowest BCUT2D eigenvalue weighted by Crippen LogP contribution is -2.67. The summed E-state index contributed by atoms with van der Waals surface area (Å²) >= 11 is 0. The summed E-state index contributed by atoms with van der Waals surface area (Å²) in [7, 11) is 0. The van der Waals surface area contributed by atoms with Gasteiger partial charge in [0.1, 0.15) is 53.9 Å². The van der Waals surface area contributed by atoms with Crippen LogP contribution in [-0.4, -0.2) is 142 Å². The van der Waals surface area contributed by atoms with Crippen molar-refractivity contribution >= 4 is 53.2 Å². The number of aliphatic hydroxyl groups is 1. The van der Waals surface area contributed by atoms with Crippen molar-refractivity contribution in [3.05, 3.63) is 35.9 Å². The van der Waals surface area contributed by atoms with E-state index in [0.29, 0.717) is 37.7 Å². The summed E-state index contributed by atoms with van der Waals surface area (Å²) in [5.74, 6) is -7.66. The molecule has 0 unspecified atom stereocenters. The molecule has 11 atom stereocenters. The summed E-state index contributed by atoms with van der Waals surface area (Å²) < 4.78 is 0. The fraction of sp³-hybridized carbons (Fsp3) is 0.727. The van der Waals surface area contributed by atoms with E-state index < -0.39 is 131 Å². The second-order valence-electron chi connectivity index (χ2n) is 22.8. The van der Waals surface area contributed by atoms with E-state index in [9.17, 15) is 48.3 Å². The Balaban J connectivity index is 1.88. The van der Waals surface area contributed by atoms with Gasteiger partial charge in [0, 0.05) is 19.5 Å². The lowest BCUT2D eigenvalue weighted by Gasteiger charge is -2.37. The van der Waals surface area contributed by atoms with Crippen LogP contribution in [-0.2, 0) is 49.6 Å². The van der Waals surface area contributed by atoms with E-state index in [4.69, 9.17) is 0 Å². The first-order chi connectivity index (χ1) is 34.9. The van der Waals surface area contributed by atoms with Gasteiger partial charge in [-0.1, -0.05) is 126 Å². The SMILES string of the molecule is CC[C@H](C)[C@@H]1NC(=O)[C@H](CC(C)C)NC(=O)[C@](CO)(CC(C)C)NC(=O)[C@H](Cc2ccccc2)NC(=O)[C@@H]2CCCN2C(=O)[C@@H]2CCCN2C(=O)[C@H](C(C)C)NC(=O)[C@H](CC(C)C)NC(=O)[C@H]([C@@H](C)CC)NC1=O. The lowest BCUT2D eigenvalue weighted by atomic mass is 9.87. The van der Waals surface area contributed by atoms with E-state index in [0.717, 1.165) is 0 Å². The highest BCUT2D eigenvalue weighted by atomic mass is 16.3. The number of fused-ring (bicyclic) bond motifs is 2. The Morgan fingerprint density at radius 1 is 0.541 bits per heavy atom. The second-order valence-corrected chi connectivity index (χ2v) is 22.8. The third-order valence-electron chi connectivity index (χ3n) is 14.9. The molecule has 8 N–H and O–H groups in total. The van der Waals surface area contributed by atoms with E-state index >= 15 is 0 Å². The van der Waals surface area contributed by atoms with Gasteiger partial charge in [0.2, 0.25) is 53.2 Å². The summed E-state index contributed by atoms with van der Waals surface area (Å²) in [5.41, 5.74) is -1.32. The topological polar surface area (TPSA) is 265 Å². The van der Waals surface area contributed by atoms with Crippen molar-refractivity contribution in [2.45, 2.75) is 201 Å². The highest BCUT2D eigenvalue weighted by Gasteiger charge is 2.47. The van der Waals surface area contributed by atoms with Crippen LogP contribution in [0.25, 0.3) is 0 Å². The number of aliphatic hydroxyl groups excluding tert-OH is 1. The van der Waals surface area contributed by atoms with Crippen molar-refractivity contribution in [1.82, 2.24) is 47.0 Å². The fourth-order valence-corrected chi connectivity index (χ4v) is 10.3. The Bertz CT molecular complexity index is 2120. The molecular formula is C55H89N9O10. The normalized spacial score (nSPS) is 28.7. The highest BCUT2D eigenvalue weighted by Crippen LogP contribution is 2.28. The molecule has 0 bridgehead atoms. The Morgan fingerprint density at radius 3 is 1.51 bits per heavy atom. The van der Waals surface area contributed by atoms with E-state index in [1.807, 2.05) is 55.4 Å². The smallest absolute Gasteiger partial charge is 0.248 e. The standard InChI is InChI=1S/C55H89N9O10/c1-13-35(11)44-50(70)57-38(26-31(3)4)46(66)59-43(34(9)10)53(73)64-25-19-23-42(64)52(72)63-24-18-22-41(63)49(69)56-40(28-37-20-16-15-17-21-37)48(68)62-55(30-65,29-33(7)8)54(74)58-39(27-32(5)6)47(67)60-45(36(12)14-2)51(71)61-44/h15-17,20-21,31-36,38-45,65H,13-14,18-19,22-30H2,1-12H3,(H,56,69)(H,57,70)(H,58,74)(H,59,66)(H,60,67)(H,61,71)(H,62,68)/t35-,36-,38-,39-,40-,41-,42-,43-,44-,45-,55+/m0/s1. The Labute approximate surface area is 439 Å². The van der Waals surface area contributed by atoms with Crippen molar-refractivity contribution in [2.75, 3.05) is 19.7 Å². The first-order valence-corrected chi connectivity index (χ1v) is 27.3. The van der Waals surface area contributed by atoms with E-state index in [2.05, 4.69) is 37.2 Å². The van der Waals surface area contributed by atoms with Gasteiger partial charge < -0.3 is 52.1 Å². The number of nitrogens with one attached hydrogen (secondary N) is 7. The van der Waals surface area contributed by atoms with Crippen LogP contribution in [0.5, 0.6) is 0 Å². The molecule has 414 valence electrons. The van der Waals surface area contributed by atoms with Gasteiger partial charge in [0.25, 0.3) is 0 Å². The second kappa shape index (κ2) is 27.8. The van der Waals surface area contributed by atoms with E-state index in [1.54, 1.807) is 58.0 Å². The van der Waals surface area contributed by atoms with Crippen LogP contribution in [0.1, 0.15) is 146 Å². The van der Waals surface area contributed by atoms with Crippen molar-refractivity contribution in [3.8, 4) is 0 Å². The van der Waals surface area contributed by atoms with Gasteiger partial charge in [-0.15, -0.1) is 0 Å². The molecule has 3 fully saturated rings. The van der Waals surface area contributed by atoms with Gasteiger partial charge in [-0.3, -0.25) is 43.2 Å². The molecule has 19 heteroatoms. The molecule has 74 heavy (non-hydrogen) atoms. The van der Waals surface area contributed by atoms with Crippen LogP contribution in [0.2, 0.25) is 0 Å². The number of carbonyl (C=O) groups excluding carboxylic acids is 9. The maximum Gasteiger partial charge on any atom is 0.248 e. The molecule has 1 aromatic rings. The average molecular weight is 1040 g/mol. The van der Waals surface area contributed by atoms with Crippen LogP contribution < -0.4 is 37.2 Å². The molecule has 19 nitrogen and oxygen atoms in total. The van der Waals surface area contributed by atoms with Crippen LogP contribution in [0.15, 0.2) is 30.3 Å². The third kappa shape index (κ3) is 16.0. The summed E-state index contributed by atoms with van der Waals surface area (Å²) in [5, 5.41) is 31.3. The van der Waals surface area contributed by atoms with Gasteiger partial charge >= 0.3 is 0 Å². The number of hydrogen-bond acceptors (Lipinski definition) is 10. The van der Waals surface area contributed by atoms with Gasteiger partial charge in [0.05, 0.1) is 6.61 Å². The number of hydrogen-bond donors (Lipinski definition) is 8. The van der Waals surface area contributed by atoms with Gasteiger partial charge in [0.15, 0.2) is 0 Å². The summed E-state index contributed by atoms with van der Waals surface area (Å²) in [6.45, 7) is 21.5. The molecule has 3 saturated heterocycles. The average Bonchev–Trinajstić information content (AvgIpc) is 4.05. The third-order valence-corrected chi connectivity index (χ3v) is 14.9. The Morgan fingerprint density at radius 2 is 1.01 bits per heavy atom. The van der Waals surface area contributed by atoms with Gasteiger partial charge in [-0.05, 0) is 86.0 Å². The monoisotopic (exact) mass is 1040 g/mol. The zero-order chi connectivity index (χ0) is 55.2. The van der Waals surface area contributed by atoms with Crippen molar-refractivity contribution in [3.63, 3.8) is 0 Å². The Hall–Kier alpha value is -5.59. The molecule has 0 aliphatic carbocycles. The van der Waals surface area contributed by atoms with Crippen LogP contribution in [0.4, 0.5) is 0 Å². The molecule has 3 heterocycles. The minimum Gasteiger partial charge on any atom is -0.393 e. The summed E-state index contributed by atoms with van der Waals surface area (Å²) in [6, 6.07) is -0.127. The van der Waals surface area contributed by atoms with E-state index in [1.165, 1.54) is 9.80 Å². The predicted octanol–water partition coefficient (Wildman–Crippen LogP) is 2.87.